The Morgan fingerprint density at radius 1 is 1.09 bits per heavy atom. The third-order valence-electron chi connectivity index (χ3n) is 2.91. The summed E-state index contributed by atoms with van der Waals surface area (Å²) in [7, 11) is 3.48. The summed E-state index contributed by atoms with van der Waals surface area (Å²) in [5, 5.41) is 6.52. The lowest BCUT2D eigenvalue weighted by Crippen LogP contribution is -2.39. The van der Waals surface area contributed by atoms with Gasteiger partial charge in [0.15, 0.2) is 5.96 Å². The number of nitrogens with zero attached hydrogens (tertiary/aromatic N) is 2. The van der Waals surface area contributed by atoms with E-state index in [2.05, 4.69) is 22.5 Å². The molecule has 0 unspecified atom stereocenters. The number of nitrogens with one attached hydrogen (secondary N) is 2. The van der Waals surface area contributed by atoms with Gasteiger partial charge in [-0.3, -0.25) is 4.79 Å². The molecule has 0 aliphatic rings. The molecule has 0 heterocycles. The van der Waals surface area contributed by atoms with Gasteiger partial charge in [0.1, 0.15) is 6.54 Å². The molecular formula is C15H33IN4O2. The van der Waals surface area contributed by atoms with Crippen LogP contribution in [0.1, 0.15) is 39.5 Å². The van der Waals surface area contributed by atoms with Crippen LogP contribution >= 0.6 is 24.0 Å². The lowest BCUT2D eigenvalue weighted by Gasteiger charge is -2.13. The fourth-order valence-electron chi connectivity index (χ4n) is 1.53. The van der Waals surface area contributed by atoms with Crippen molar-refractivity contribution in [1.82, 2.24) is 15.5 Å². The largest absolute Gasteiger partial charge is 0.382 e. The van der Waals surface area contributed by atoms with Crippen molar-refractivity contribution < 1.29 is 9.53 Å². The molecule has 0 aromatic heterocycles. The van der Waals surface area contributed by atoms with Crippen LogP contribution in [0.2, 0.25) is 0 Å². The summed E-state index contributed by atoms with van der Waals surface area (Å²) in [6, 6.07) is 0. The van der Waals surface area contributed by atoms with Crippen LogP contribution in [0.25, 0.3) is 0 Å². The van der Waals surface area contributed by atoms with E-state index in [0.717, 1.165) is 57.9 Å². The zero-order valence-electron chi connectivity index (χ0n) is 14.5. The molecule has 0 fully saturated rings. The number of unbranched alkanes of at least 4 members (excludes halogenated alkanes) is 2. The normalized spacial score (nSPS) is 10.8. The van der Waals surface area contributed by atoms with Crippen molar-refractivity contribution >= 4 is 35.8 Å². The van der Waals surface area contributed by atoms with E-state index in [-0.39, 0.29) is 36.4 Å². The number of rotatable bonds is 11. The minimum absolute atomic E-state index is 0. The van der Waals surface area contributed by atoms with E-state index < -0.39 is 0 Å². The van der Waals surface area contributed by atoms with Gasteiger partial charge in [-0.2, -0.15) is 0 Å². The van der Waals surface area contributed by atoms with Crippen molar-refractivity contribution in [2.24, 2.45) is 4.99 Å². The van der Waals surface area contributed by atoms with Gasteiger partial charge in [-0.05, 0) is 26.2 Å². The molecule has 22 heavy (non-hydrogen) atoms. The zero-order valence-corrected chi connectivity index (χ0v) is 16.8. The summed E-state index contributed by atoms with van der Waals surface area (Å²) in [5.74, 6) is 0.720. The van der Waals surface area contributed by atoms with Crippen molar-refractivity contribution in [1.29, 1.82) is 0 Å². The van der Waals surface area contributed by atoms with Crippen LogP contribution < -0.4 is 10.6 Å². The van der Waals surface area contributed by atoms with Gasteiger partial charge in [-0.15, -0.1) is 24.0 Å². The third-order valence-corrected chi connectivity index (χ3v) is 2.91. The number of amides is 1. The maximum atomic E-state index is 11.6. The van der Waals surface area contributed by atoms with Crippen molar-refractivity contribution in [3.05, 3.63) is 0 Å². The number of hydrogen-bond donors (Lipinski definition) is 2. The molecule has 0 spiro atoms. The molecule has 0 radical (unpaired) electrons. The molecule has 0 saturated carbocycles. The van der Waals surface area contributed by atoms with Crippen molar-refractivity contribution in [3.8, 4) is 0 Å². The average Bonchev–Trinajstić information content (AvgIpc) is 2.47. The van der Waals surface area contributed by atoms with Crippen molar-refractivity contribution in [3.63, 3.8) is 0 Å². The van der Waals surface area contributed by atoms with Crippen LogP contribution in [0.3, 0.4) is 0 Å². The minimum atomic E-state index is 0. The highest BCUT2D eigenvalue weighted by Crippen LogP contribution is 1.89. The molecule has 132 valence electrons. The Morgan fingerprint density at radius 2 is 1.73 bits per heavy atom. The number of aliphatic imine (C=N–C) groups is 1. The number of likely N-dealkylation sites (N-methyl/N-ethyl adjacent to an activating group) is 1. The maximum absolute atomic E-state index is 11.6. The van der Waals surface area contributed by atoms with Crippen LogP contribution in [-0.4, -0.2) is 63.7 Å². The molecule has 0 saturated heterocycles. The lowest BCUT2D eigenvalue weighted by molar-refractivity contribution is -0.127. The predicted molar refractivity (Wildman–Crippen MR) is 103 cm³/mol. The Labute approximate surface area is 152 Å². The molecule has 0 aromatic rings. The number of ether oxygens (including phenoxy) is 1. The number of hydrogen-bond acceptors (Lipinski definition) is 3. The first-order valence-electron chi connectivity index (χ1n) is 7.91. The van der Waals surface area contributed by atoms with Crippen LogP contribution in [0.5, 0.6) is 0 Å². The van der Waals surface area contributed by atoms with Gasteiger partial charge in [0.25, 0.3) is 0 Å². The summed E-state index contributed by atoms with van der Waals surface area (Å²) in [4.78, 5) is 17.4. The number of carbonyl (C=O) groups excluding carboxylic acids is 1. The molecule has 2 N–H and O–H groups in total. The molecular weight excluding hydrogens is 395 g/mol. The average molecular weight is 428 g/mol. The van der Waals surface area contributed by atoms with Crippen LogP contribution in [0.15, 0.2) is 4.99 Å². The fraction of sp³-hybridized carbons (Fsp3) is 0.867. The smallest absolute Gasteiger partial charge is 0.243 e. The lowest BCUT2D eigenvalue weighted by atomic mass is 10.3. The number of guanidine groups is 1. The quantitative estimate of drug-likeness (QED) is 0.228. The first-order valence-corrected chi connectivity index (χ1v) is 7.91. The second-order valence-corrected chi connectivity index (χ2v) is 5.06. The first-order chi connectivity index (χ1) is 10.1. The predicted octanol–water partition coefficient (Wildman–Crippen LogP) is 1.84. The Hall–Kier alpha value is -0.570. The van der Waals surface area contributed by atoms with Gasteiger partial charge in [0.05, 0.1) is 0 Å². The molecule has 0 bridgehead atoms. The summed E-state index contributed by atoms with van der Waals surface area (Å²) >= 11 is 0. The third kappa shape index (κ3) is 14.4. The van der Waals surface area contributed by atoms with E-state index in [0.29, 0.717) is 0 Å². The molecule has 0 rings (SSSR count). The van der Waals surface area contributed by atoms with Gasteiger partial charge in [0, 0.05) is 40.4 Å². The molecule has 6 nitrogen and oxygen atoms in total. The molecule has 0 aliphatic heterocycles. The highest BCUT2D eigenvalue weighted by molar-refractivity contribution is 14.0. The van der Waals surface area contributed by atoms with E-state index in [1.54, 1.807) is 19.0 Å². The van der Waals surface area contributed by atoms with Gasteiger partial charge < -0.3 is 20.3 Å². The monoisotopic (exact) mass is 428 g/mol. The summed E-state index contributed by atoms with van der Waals surface area (Å²) in [5.41, 5.74) is 0. The Morgan fingerprint density at radius 3 is 2.27 bits per heavy atom. The van der Waals surface area contributed by atoms with E-state index in [1.807, 2.05) is 6.92 Å². The van der Waals surface area contributed by atoms with E-state index in [4.69, 9.17) is 4.74 Å². The number of halogens is 1. The highest BCUT2D eigenvalue weighted by Gasteiger charge is 2.04. The summed E-state index contributed by atoms with van der Waals surface area (Å²) in [6.07, 6.45) is 4.27. The maximum Gasteiger partial charge on any atom is 0.243 e. The van der Waals surface area contributed by atoms with Crippen LogP contribution in [-0.2, 0) is 9.53 Å². The zero-order chi connectivity index (χ0) is 15.9. The molecule has 1 amide bonds. The van der Waals surface area contributed by atoms with E-state index >= 15 is 0 Å². The molecule has 0 aromatic carbocycles. The second-order valence-electron chi connectivity index (χ2n) is 5.06. The van der Waals surface area contributed by atoms with Crippen LogP contribution in [0, 0.1) is 0 Å². The Bertz CT molecular complexity index is 299. The van der Waals surface area contributed by atoms with Gasteiger partial charge in [-0.25, -0.2) is 4.99 Å². The molecule has 7 heteroatoms. The minimum Gasteiger partial charge on any atom is -0.382 e. The van der Waals surface area contributed by atoms with Gasteiger partial charge >= 0.3 is 0 Å². The number of carbonyl (C=O) groups is 1. The summed E-state index contributed by atoms with van der Waals surface area (Å²) < 4.78 is 5.30. The van der Waals surface area contributed by atoms with Gasteiger partial charge in [-0.1, -0.05) is 13.3 Å². The van der Waals surface area contributed by atoms with Crippen molar-refractivity contribution in [2.75, 3.05) is 46.9 Å². The molecule has 0 atom stereocenters. The first kappa shape index (κ1) is 23.7. The standard InChI is InChI=1S/C15H32N4O2.HI/c1-5-7-10-16-15(18-13-14(20)19(3)4)17-11-8-9-12-21-6-2;/h5-13H2,1-4H3,(H2,16,17,18);1H. The molecule has 0 aliphatic carbocycles. The van der Waals surface area contributed by atoms with Crippen molar-refractivity contribution in [2.45, 2.75) is 39.5 Å². The topological polar surface area (TPSA) is 66.0 Å². The summed E-state index contributed by atoms with van der Waals surface area (Å²) in [6.45, 7) is 7.60. The van der Waals surface area contributed by atoms with E-state index in [1.165, 1.54) is 0 Å². The SMILES string of the molecule is CCCCNC(=NCC(=O)N(C)C)NCCCCOCC.I. The Kier molecular flexibility index (Phi) is 18.1. The highest BCUT2D eigenvalue weighted by atomic mass is 127. The van der Waals surface area contributed by atoms with E-state index in [9.17, 15) is 4.79 Å². The van der Waals surface area contributed by atoms with Crippen LogP contribution in [0.4, 0.5) is 0 Å². The fourth-order valence-corrected chi connectivity index (χ4v) is 1.53. The van der Waals surface area contributed by atoms with Gasteiger partial charge in [0.2, 0.25) is 5.91 Å². The Balaban J connectivity index is 0. The second kappa shape index (κ2) is 16.8.